The van der Waals surface area contributed by atoms with Crippen molar-refractivity contribution in [2.45, 2.75) is 16.7 Å². The molecule has 0 amide bonds. The fraction of sp³-hybridized carbons (Fsp3) is 0.133. The molecule has 2 aromatic carbocycles. The standard InChI is InChI=1S/C15H16N2O2S/c1-10-8-13(6-7-14(10)15(16)17-18)20-12-5-3-4-11(9-12)19-2/h3-9,18H,1-2H3,(H2,16,17). The van der Waals surface area contributed by atoms with Crippen LogP contribution in [0.5, 0.6) is 5.75 Å². The summed E-state index contributed by atoms with van der Waals surface area (Å²) in [5.41, 5.74) is 7.32. The largest absolute Gasteiger partial charge is 0.497 e. The predicted octanol–water partition coefficient (Wildman–Crippen LogP) is 3.25. The van der Waals surface area contributed by atoms with Crippen molar-refractivity contribution in [2.75, 3.05) is 7.11 Å². The molecule has 104 valence electrons. The molecule has 0 atom stereocenters. The van der Waals surface area contributed by atoms with E-state index in [0.29, 0.717) is 0 Å². The Morgan fingerprint density at radius 3 is 2.60 bits per heavy atom. The van der Waals surface area contributed by atoms with Gasteiger partial charge in [0.25, 0.3) is 0 Å². The highest BCUT2D eigenvalue weighted by Gasteiger charge is 2.06. The summed E-state index contributed by atoms with van der Waals surface area (Å²) >= 11 is 1.64. The van der Waals surface area contributed by atoms with Gasteiger partial charge in [0.15, 0.2) is 5.84 Å². The van der Waals surface area contributed by atoms with Gasteiger partial charge in [0.1, 0.15) is 5.75 Å². The first-order valence-electron chi connectivity index (χ1n) is 6.04. The number of ether oxygens (including phenoxy) is 1. The maximum Gasteiger partial charge on any atom is 0.170 e. The molecule has 3 N–H and O–H groups in total. The zero-order valence-electron chi connectivity index (χ0n) is 11.3. The van der Waals surface area contributed by atoms with Gasteiger partial charge >= 0.3 is 0 Å². The number of nitrogens with zero attached hydrogens (tertiary/aromatic N) is 1. The second-order valence-electron chi connectivity index (χ2n) is 4.24. The topological polar surface area (TPSA) is 67.8 Å². The minimum atomic E-state index is 0.125. The summed E-state index contributed by atoms with van der Waals surface area (Å²) in [5.74, 6) is 0.959. The van der Waals surface area contributed by atoms with E-state index in [-0.39, 0.29) is 5.84 Å². The highest BCUT2D eigenvalue weighted by molar-refractivity contribution is 7.99. The Bertz CT molecular complexity index is 642. The summed E-state index contributed by atoms with van der Waals surface area (Å²) in [5, 5.41) is 11.7. The lowest BCUT2D eigenvalue weighted by molar-refractivity contribution is 0.318. The van der Waals surface area contributed by atoms with Crippen molar-refractivity contribution in [3.8, 4) is 5.75 Å². The van der Waals surface area contributed by atoms with Crippen LogP contribution in [-0.2, 0) is 0 Å². The Hall–Kier alpha value is -2.14. The van der Waals surface area contributed by atoms with Crippen LogP contribution in [0.2, 0.25) is 0 Å². The predicted molar refractivity (Wildman–Crippen MR) is 80.8 cm³/mol. The Labute approximate surface area is 122 Å². The van der Waals surface area contributed by atoms with Crippen LogP contribution in [0, 0.1) is 6.92 Å². The van der Waals surface area contributed by atoms with E-state index in [1.54, 1.807) is 18.9 Å². The number of hydrogen-bond acceptors (Lipinski definition) is 4. The van der Waals surface area contributed by atoms with Crippen molar-refractivity contribution in [1.29, 1.82) is 0 Å². The van der Waals surface area contributed by atoms with Crippen molar-refractivity contribution in [1.82, 2.24) is 0 Å². The minimum absolute atomic E-state index is 0.125. The van der Waals surface area contributed by atoms with Gasteiger partial charge < -0.3 is 15.7 Å². The van der Waals surface area contributed by atoms with E-state index >= 15 is 0 Å². The zero-order chi connectivity index (χ0) is 14.5. The van der Waals surface area contributed by atoms with Crippen LogP contribution in [0.15, 0.2) is 57.4 Å². The fourth-order valence-electron chi connectivity index (χ4n) is 1.84. The fourth-order valence-corrected chi connectivity index (χ4v) is 2.81. The van der Waals surface area contributed by atoms with Crippen molar-refractivity contribution in [2.24, 2.45) is 10.9 Å². The van der Waals surface area contributed by atoms with Crippen LogP contribution in [0.1, 0.15) is 11.1 Å². The molecule has 2 rings (SSSR count). The number of hydrogen-bond donors (Lipinski definition) is 2. The summed E-state index contributed by atoms with van der Waals surface area (Å²) in [6, 6.07) is 13.7. The monoisotopic (exact) mass is 288 g/mol. The van der Waals surface area contributed by atoms with Gasteiger partial charge in [0.2, 0.25) is 0 Å². The number of nitrogens with two attached hydrogens (primary N) is 1. The first-order valence-corrected chi connectivity index (χ1v) is 6.86. The van der Waals surface area contributed by atoms with Gasteiger partial charge in [-0.15, -0.1) is 0 Å². The minimum Gasteiger partial charge on any atom is -0.497 e. The molecule has 0 aliphatic carbocycles. The highest BCUT2D eigenvalue weighted by atomic mass is 32.2. The lowest BCUT2D eigenvalue weighted by atomic mass is 10.1. The number of methoxy groups -OCH3 is 1. The van der Waals surface area contributed by atoms with Gasteiger partial charge in [-0.3, -0.25) is 0 Å². The second kappa shape index (κ2) is 6.34. The Morgan fingerprint density at radius 2 is 1.95 bits per heavy atom. The molecule has 0 aromatic heterocycles. The van der Waals surface area contributed by atoms with Crippen molar-refractivity contribution >= 4 is 17.6 Å². The van der Waals surface area contributed by atoms with Gasteiger partial charge in [-0.2, -0.15) is 0 Å². The van der Waals surface area contributed by atoms with Gasteiger partial charge in [0.05, 0.1) is 7.11 Å². The lowest BCUT2D eigenvalue weighted by Crippen LogP contribution is -2.14. The van der Waals surface area contributed by atoms with Gasteiger partial charge in [-0.1, -0.05) is 23.0 Å². The maximum atomic E-state index is 8.72. The van der Waals surface area contributed by atoms with Crippen LogP contribution in [-0.4, -0.2) is 18.2 Å². The van der Waals surface area contributed by atoms with Gasteiger partial charge in [0, 0.05) is 15.4 Å². The van der Waals surface area contributed by atoms with E-state index < -0.39 is 0 Å². The van der Waals surface area contributed by atoms with Crippen molar-refractivity contribution in [3.63, 3.8) is 0 Å². The smallest absolute Gasteiger partial charge is 0.170 e. The lowest BCUT2D eigenvalue weighted by Gasteiger charge is -2.08. The average molecular weight is 288 g/mol. The molecule has 0 aliphatic rings. The van der Waals surface area contributed by atoms with Crippen molar-refractivity contribution < 1.29 is 9.94 Å². The van der Waals surface area contributed by atoms with E-state index in [1.165, 1.54) is 0 Å². The van der Waals surface area contributed by atoms with Crippen LogP contribution in [0.3, 0.4) is 0 Å². The molecule has 20 heavy (non-hydrogen) atoms. The van der Waals surface area contributed by atoms with Crippen LogP contribution in [0.25, 0.3) is 0 Å². The average Bonchev–Trinajstić information content (AvgIpc) is 2.47. The quantitative estimate of drug-likeness (QED) is 0.392. The molecule has 0 heterocycles. The number of rotatable bonds is 4. The highest BCUT2D eigenvalue weighted by Crippen LogP contribution is 2.31. The molecule has 0 spiro atoms. The van der Waals surface area contributed by atoms with E-state index in [9.17, 15) is 0 Å². The van der Waals surface area contributed by atoms with E-state index in [2.05, 4.69) is 5.16 Å². The van der Waals surface area contributed by atoms with E-state index in [0.717, 1.165) is 26.7 Å². The molecular formula is C15H16N2O2S. The summed E-state index contributed by atoms with van der Waals surface area (Å²) < 4.78 is 5.21. The third-order valence-corrected chi connectivity index (χ3v) is 3.84. The SMILES string of the molecule is COc1cccc(Sc2ccc(/C(N)=N/O)c(C)c2)c1. The molecule has 2 aromatic rings. The van der Waals surface area contributed by atoms with Crippen LogP contribution < -0.4 is 10.5 Å². The third-order valence-electron chi connectivity index (χ3n) is 2.86. The molecule has 0 saturated heterocycles. The molecule has 0 bridgehead atoms. The number of aryl methyl sites for hydroxylation is 1. The zero-order valence-corrected chi connectivity index (χ0v) is 12.1. The molecular weight excluding hydrogens is 272 g/mol. The molecule has 0 saturated carbocycles. The Balaban J connectivity index is 2.24. The first-order chi connectivity index (χ1) is 9.63. The molecule has 4 nitrogen and oxygen atoms in total. The first kappa shape index (κ1) is 14.3. The van der Waals surface area contributed by atoms with Crippen LogP contribution in [0.4, 0.5) is 0 Å². The van der Waals surface area contributed by atoms with Gasteiger partial charge in [-0.05, 0) is 48.9 Å². The summed E-state index contributed by atoms with van der Waals surface area (Å²) in [6.07, 6.45) is 0. The summed E-state index contributed by atoms with van der Waals surface area (Å²) in [4.78, 5) is 2.19. The van der Waals surface area contributed by atoms with E-state index in [1.807, 2.05) is 49.4 Å². The van der Waals surface area contributed by atoms with Crippen molar-refractivity contribution in [3.05, 3.63) is 53.6 Å². The van der Waals surface area contributed by atoms with E-state index in [4.69, 9.17) is 15.7 Å². The maximum absolute atomic E-state index is 8.72. The van der Waals surface area contributed by atoms with Crippen LogP contribution >= 0.6 is 11.8 Å². The van der Waals surface area contributed by atoms with Gasteiger partial charge in [-0.25, -0.2) is 0 Å². The normalized spacial score (nSPS) is 11.4. The third kappa shape index (κ3) is 3.24. The molecule has 0 unspecified atom stereocenters. The Morgan fingerprint density at radius 1 is 1.20 bits per heavy atom. The number of benzene rings is 2. The summed E-state index contributed by atoms with van der Waals surface area (Å²) in [7, 11) is 1.65. The summed E-state index contributed by atoms with van der Waals surface area (Å²) in [6.45, 7) is 1.93. The number of amidine groups is 1. The molecule has 0 fully saturated rings. The molecule has 0 radical (unpaired) electrons. The molecule has 5 heteroatoms. The number of oxime groups is 1. The second-order valence-corrected chi connectivity index (χ2v) is 5.39. The Kier molecular flexibility index (Phi) is 4.53. The molecule has 0 aliphatic heterocycles.